The summed E-state index contributed by atoms with van der Waals surface area (Å²) in [6, 6.07) is 14.8. The van der Waals surface area contributed by atoms with Gasteiger partial charge in [-0.05, 0) is 36.8 Å². The number of amides is 3. The van der Waals surface area contributed by atoms with Crippen LogP contribution in [0.4, 0.5) is 25.8 Å². The van der Waals surface area contributed by atoms with E-state index in [2.05, 4.69) is 16.0 Å². The third-order valence-corrected chi connectivity index (χ3v) is 4.40. The topological polar surface area (TPSA) is 87.3 Å². The van der Waals surface area contributed by atoms with E-state index in [4.69, 9.17) is 0 Å². The number of anilines is 3. The van der Waals surface area contributed by atoms with Gasteiger partial charge < -0.3 is 16.0 Å². The highest BCUT2D eigenvalue weighted by Crippen LogP contribution is 2.26. The van der Waals surface area contributed by atoms with Gasteiger partial charge in [-0.1, -0.05) is 24.3 Å². The van der Waals surface area contributed by atoms with Gasteiger partial charge in [-0.2, -0.15) is 0 Å². The van der Waals surface area contributed by atoms with Crippen LogP contribution >= 0.6 is 0 Å². The smallest absolute Gasteiger partial charge is 0.255 e. The first-order valence-electron chi connectivity index (χ1n) is 9.29. The second kappa shape index (κ2) is 9.17. The Morgan fingerprint density at radius 1 is 0.677 bits per heavy atom. The molecule has 0 aromatic heterocycles. The van der Waals surface area contributed by atoms with E-state index in [1.54, 1.807) is 43.3 Å². The van der Waals surface area contributed by atoms with E-state index in [1.165, 1.54) is 19.1 Å². The summed E-state index contributed by atoms with van der Waals surface area (Å²) in [5.74, 6) is -3.82. The van der Waals surface area contributed by atoms with E-state index in [1.807, 2.05) is 0 Å². The van der Waals surface area contributed by atoms with Crippen molar-refractivity contribution in [2.45, 2.75) is 13.8 Å². The van der Waals surface area contributed by atoms with Crippen LogP contribution < -0.4 is 16.0 Å². The molecule has 0 aliphatic rings. The molecule has 3 amide bonds. The van der Waals surface area contributed by atoms with Crippen LogP contribution in [0.25, 0.3) is 0 Å². The molecule has 8 heteroatoms. The second-order valence-electron chi connectivity index (χ2n) is 6.80. The molecule has 3 rings (SSSR count). The molecule has 6 nitrogen and oxygen atoms in total. The summed E-state index contributed by atoms with van der Waals surface area (Å²) >= 11 is 0. The molecule has 3 N–H and O–H groups in total. The molecule has 31 heavy (non-hydrogen) atoms. The summed E-state index contributed by atoms with van der Waals surface area (Å²) in [6.45, 7) is 2.97. The van der Waals surface area contributed by atoms with Crippen LogP contribution in [-0.2, 0) is 4.79 Å². The van der Waals surface area contributed by atoms with Gasteiger partial charge in [0.2, 0.25) is 5.91 Å². The molecule has 3 aromatic rings. The van der Waals surface area contributed by atoms with Crippen LogP contribution in [0.15, 0.2) is 60.7 Å². The van der Waals surface area contributed by atoms with Crippen LogP contribution in [-0.4, -0.2) is 17.7 Å². The Labute approximate surface area is 177 Å². The second-order valence-corrected chi connectivity index (χ2v) is 6.80. The summed E-state index contributed by atoms with van der Waals surface area (Å²) in [4.78, 5) is 36.5. The van der Waals surface area contributed by atoms with E-state index in [0.717, 1.165) is 17.7 Å². The van der Waals surface area contributed by atoms with Crippen molar-refractivity contribution in [3.8, 4) is 0 Å². The van der Waals surface area contributed by atoms with Gasteiger partial charge in [-0.25, -0.2) is 8.78 Å². The normalized spacial score (nSPS) is 10.3. The molecule has 0 radical (unpaired) electrons. The lowest BCUT2D eigenvalue weighted by Crippen LogP contribution is -2.17. The van der Waals surface area contributed by atoms with Gasteiger partial charge in [0, 0.05) is 35.9 Å². The summed E-state index contributed by atoms with van der Waals surface area (Å²) in [6.07, 6.45) is 0. The first kappa shape index (κ1) is 21.6. The zero-order valence-electron chi connectivity index (χ0n) is 16.8. The van der Waals surface area contributed by atoms with E-state index < -0.39 is 23.4 Å². The minimum absolute atomic E-state index is 0.0792. The largest absolute Gasteiger partial charge is 0.324 e. The summed E-state index contributed by atoms with van der Waals surface area (Å²) < 4.78 is 27.2. The van der Waals surface area contributed by atoms with Crippen molar-refractivity contribution in [2.75, 3.05) is 16.0 Å². The Kier molecular flexibility index (Phi) is 6.40. The summed E-state index contributed by atoms with van der Waals surface area (Å²) in [7, 11) is 0. The lowest BCUT2D eigenvalue weighted by Gasteiger charge is -2.14. The molecule has 0 aliphatic carbocycles. The number of aryl methyl sites for hydroxylation is 1. The Bertz CT molecular complexity index is 1160. The van der Waals surface area contributed by atoms with Gasteiger partial charge in [-0.15, -0.1) is 0 Å². The standard InChI is InChI=1S/C23H19F2N3O3/c1-13-8-9-16(10-19(13)27-22(30)15-6-4-3-5-7-15)23(31)28-21-12-18(25)17(24)11-20(21)26-14(2)29/h3-12H,1-2H3,(H,26,29)(H,27,30)(H,28,31). The van der Waals surface area contributed by atoms with Crippen molar-refractivity contribution >= 4 is 34.8 Å². The van der Waals surface area contributed by atoms with Crippen molar-refractivity contribution in [3.63, 3.8) is 0 Å². The first-order valence-corrected chi connectivity index (χ1v) is 9.29. The molecule has 0 saturated carbocycles. The molecule has 0 atom stereocenters. The number of halogens is 2. The van der Waals surface area contributed by atoms with Crippen molar-refractivity contribution in [1.29, 1.82) is 0 Å². The maximum atomic E-state index is 13.7. The molecule has 0 saturated heterocycles. The minimum Gasteiger partial charge on any atom is -0.324 e. The molecule has 0 heterocycles. The van der Waals surface area contributed by atoms with Crippen LogP contribution in [0.5, 0.6) is 0 Å². The van der Waals surface area contributed by atoms with E-state index in [9.17, 15) is 23.2 Å². The maximum absolute atomic E-state index is 13.7. The fraction of sp³-hybridized carbons (Fsp3) is 0.0870. The van der Waals surface area contributed by atoms with Crippen molar-refractivity contribution in [2.24, 2.45) is 0 Å². The van der Waals surface area contributed by atoms with Gasteiger partial charge in [0.1, 0.15) is 0 Å². The molecule has 0 spiro atoms. The Morgan fingerprint density at radius 3 is 1.84 bits per heavy atom. The van der Waals surface area contributed by atoms with Crippen LogP contribution in [0, 0.1) is 18.6 Å². The Morgan fingerprint density at radius 2 is 1.23 bits per heavy atom. The predicted molar refractivity (Wildman–Crippen MR) is 114 cm³/mol. The number of carbonyl (C=O) groups excluding carboxylic acids is 3. The Balaban J connectivity index is 1.85. The predicted octanol–water partition coefficient (Wildman–Crippen LogP) is 4.74. The molecular weight excluding hydrogens is 404 g/mol. The van der Waals surface area contributed by atoms with Gasteiger partial charge in [0.25, 0.3) is 11.8 Å². The molecule has 3 aromatic carbocycles. The monoisotopic (exact) mass is 423 g/mol. The number of hydrogen-bond acceptors (Lipinski definition) is 3. The minimum atomic E-state index is -1.18. The molecular formula is C23H19F2N3O3. The average molecular weight is 423 g/mol. The lowest BCUT2D eigenvalue weighted by molar-refractivity contribution is -0.114. The zero-order valence-corrected chi connectivity index (χ0v) is 16.8. The number of carbonyl (C=O) groups is 3. The van der Waals surface area contributed by atoms with Gasteiger partial charge in [0.05, 0.1) is 11.4 Å². The highest BCUT2D eigenvalue weighted by molar-refractivity contribution is 6.09. The fourth-order valence-electron chi connectivity index (χ4n) is 2.82. The van der Waals surface area contributed by atoms with Gasteiger partial charge in [-0.3, -0.25) is 14.4 Å². The molecule has 0 fully saturated rings. The highest BCUT2D eigenvalue weighted by atomic mass is 19.2. The maximum Gasteiger partial charge on any atom is 0.255 e. The van der Waals surface area contributed by atoms with Gasteiger partial charge >= 0.3 is 0 Å². The number of benzene rings is 3. The van der Waals surface area contributed by atoms with Crippen molar-refractivity contribution in [1.82, 2.24) is 0 Å². The van der Waals surface area contributed by atoms with Crippen LogP contribution in [0.3, 0.4) is 0 Å². The summed E-state index contributed by atoms with van der Waals surface area (Å²) in [5, 5.41) is 7.56. The molecule has 0 aliphatic heterocycles. The van der Waals surface area contributed by atoms with Gasteiger partial charge in [0.15, 0.2) is 11.6 Å². The highest BCUT2D eigenvalue weighted by Gasteiger charge is 2.16. The molecule has 0 bridgehead atoms. The fourth-order valence-corrected chi connectivity index (χ4v) is 2.82. The number of hydrogen-bond donors (Lipinski definition) is 3. The molecule has 158 valence electrons. The van der Waals surface area contributed by atoms with E-state index in [0.29, 0.717) is 11.3 Å². The van der Waals surface area contributed by atoms with Crippen LogP contribution in [0.1, 0.15) is 33.2 Å². The SMILES string of the molecule is CC(=O)Nc1cc(F)c(F)cc1NC(=O)c1ccc(C)c(NC(=O)c2ccccc2)c1. The Hall–Kier alpha value is -4.07. The van der Waals surface area contributed by atoms with Crippen molar-refractivity contribution in [3.05, 3.63) is 89.0 Å². The number of nitrogens with one attached hydrogen (secondary N) is 3. The number of rotatable bonds is 5. The summed E-state index contributed by atoms with van der Waals surface area (Å²) in [5.41, 5.74) is 1.60. The zero-order chi connectivity index (χ0) is 22.5. The van der Waals surface area contributed by atoms with Crippen LogP contribution in [0.2, 0.25) is 0 Å². The molecule has 0 unspecified atom stereocenters. The van der Waals surface area contributed by atoms with Crippen molar-refractivity contribution < 1.29 is 23.2 Å². The lowest BCUT2D eigenvalue weighted by atomic mass is 10.1. The first-order chi connectivity index (χ1) is 14.7. The average Bonchev–Trinajstić information content (AvgIpc) is 2.73. The van der Waals surface area contributed by atoms with E-state index in [-0.39, 0.29) is 22.8 Å². The van der Waals surface area contributed by atoms with E-state index >= 15 is 0 Å². The third kappa shape index (κ3) is 5.30. The quantitative estimate of drug-likeness (QED) is 0.554. The third-order valence-electron chi connectivity index (χ3n) is 4.40.